The molecule has 0 heterocycles. The third kappa shape index (κ3) is 1.69. The Balaban J connectivity index is 3.18. The van der Waals surface area contributed by atoms with Crippen molar-refractivity contribution in [1.29, 1.82) is 0 Å². The van der Waals surface area contributed by atoms with Crippen LogP contribution >= 0.6 is 15.9 Å². The molecule has 2 nitrogen and oxygen atoms in total. The highest BCUT2D eigenvalue weighted by Gasteiger charge is 2.07. The van der Waals surface area contributed by atoms with Gasteiger partial charge in [0.1, 0.15) is 5.82 Å². The highest BCUT2D eigenvalue weighted by molar-refractivity contribution is 9.08. The van der Waals surface area contributed by atoms with Crippen molar-refractivity contribution < 1.29 is 14.2 Å². The Bertz CT molecular complexity index is 263. The molecule has 0 saturated carbocycles. The molecule has 0 radical (unpaired) electrons. The fourth-order valence-electron chi connectivity index (χ4n) is 0.851. The number of aromatic hydroxyl groups is 1. The molecule has 1 rings (SSSR count). The lowest BCUT2D eigenvalue weighted by Crippen LogP contribution is -1.90. The number of benzene rings is 1. The third-order valence-electron chi connectivity index (χ3n) is 1.49. The van der Waals surface area contributed by atoms with Crippen molar-refractivity contribution in [3.63, 3.8) is 0 Å². The predicted molar refractivity (Wildman–Crippen MR) is 47.2 cm³/mol. The minimum absolute atomic E-state index is 0.181. The van der Waals surface area contributed by atoms with Gasteiger partial charge in [-0.3, -0.25) is 0 Å². The molecule has 0 aromatic heterocycles. The first-order valence-electron chi connectivity index (χ1n) is 3.30. The molecule has 0 saturated heterocycles. The first-order valence-corrected chi connectivity index (χ1v) is 4.42. The molecule has 0 aliphatic carbocycles. The van der Waals surface area contributed by atoms with E-state index in [0.29, 0.717) is 10.9 Å². The average molecular weight is 235 g/mol. The zero-order valence-corrected chi connectivity index (χ0v) is 8.06. The lowest BCUT2D eigenvalue weighted by Gasteiger charge is -2.05. The molecule has 0 unspecified atom stereocenters. The molecule has 0 aliphatic rings. The Morgan fingerprint density at radius 1 is 1.58 bits per heavy atom. The summed E-state index contributed by atoms with van der Waals surface area (Å²) in [4.78, 5) is 0. The van der Waals surface area contributed by atoms with Gasteiger partial charge in [0.2, 0.25) is 0 Å². The zero-order chi connectivity index (χ0) is 9.14. The number of methoxy groups -OCH3 is 1. The van der Waals surface area contributed by atoms with Crippen molar-refractivity contribution in [1.82, 2.24) is 0 Å². The Labute approximate surface area is 78.1 Å². The lowest BCUT2D eigenvalue weighted by atomic mass is 10.2. The monoisotopic (exact) mass is 234 g/mol. The minimum Gasteiger partial charge on any atom is -0.504 e. The summed E-state index contributed by atoms with van der Waals surface area (Å²) >= 11 is 3.12. The molecule has 0 bridgehead atoms. The van der Waals surface area contributed by atoms with Gasteiger partial charge in [0.25, 0.3) is 0 Å². The summed E-state index contributed by atoms with van der Waals surface area (Å²) in [5, 5.41) is 9.53. The van der Waals surface area contributed by atoms with E-state index >= 15 is 0 Å². The Morgan fingerprint density at radius 3 is 2.75 bits per heavy atom. The van der Waals surface area contributed by atoms with Gasteiger partial charge in [-0.2, -0.15) is 0 Å². The van der Waals surface area contributed by atoms with Gasteiger partial charge in [0.15, 0.2) is 11.5 Å². The van der Waals surface area contributed by atoms with Crippen LogP contribution in [0.2, 0.25) is 0 Å². The number of alkyl halides is 1. The van der Waals surface area contributed by atoms with E-state index in [0.717, 1.165) is 6.07 Å². The first kappa shape index (κ1) is 9.32. The molecule has 12 heavy (non-hydrogen) atoms. The summed E-state index contributed by atoms with van der Waals surface area (Å²) < 4.78 is 17.7. The molecule has 0 fully saturated rings. The van der Waals surface area contributed by atoms with Crippen LogP contribution in [0, 0.1) is 5.82 Å². The van der Waals surface area contributed by atoms with Crippen LogP contribution in [0.3, 0.4) is 0 Å². The van der Waals surface area contributed by atoms with E-state index in [1.165, 1.54) is 13.2 Å². The Morgan fingerprint density at radius 2 is 2.25 bits per heavy atom. The Kier molecular flexibility index (Phi) is 2.92. The van der Waals surface area contributed by atoms with Crippen molar-refractivity contribution in [2.45, 2.75) is 5.33 Å². The zero-order valence-electron chi connectivity index (χ0n) is 6.47. The van der Waals surface area contributed by atoms with E-state index < -0.39 is 5.82 Å². The van der Waals surface area contributed by atoms with Crippen LogP contribution in [-0.2, 0) is 5.33 Å². The maximum atomic E-state index is 12.9. The summed E-state index contributed by atoms with van der Waals surface area (Å²) in [5.74, 6) is -0.337. The smallest absolute Gasteiger partial charge is 0.160 e. The summed E-state index contributed by atoms with van der Waals surface area (Å²) in [6.07, 6.45) is 0. The van der Waals surface area contributed by atoms with Crippen molar-refractivity contribution >= 4 is 15.9 Å². The van der Waals surface area contributed by atoms with Crippen LogP contribution in [-0.4, -0.2) is 12.2 Å². The van der Waals surface area contributed by atoms with Crippen molar-refractivity contribution in [3.8, 4) is 11.5 Å². The van der Waals surface area contributed by atoms with Crippen LogP contribution in [0.5, 0.6) is 11.5 Å². The number of phenolic OH excluding ortho intramolecular Hbond substituents is 1. The van der Waals surface area contributed by atoms with Crippen LogP contribution in [0.4, 0.5) is 4.39 Å². The van der Waals surface area contributed by atoms with Crippen LogP contribution in [0.25, 0.3) is 0 Å². The van der Waals surface area contributed by atoms with Crippen LogP contribution in [0.15, 0.2) is 12.1 Å². The SMILES string of the molecule is COc1cc(CBr)c(F)cc1O. The predicted octanol–water partition coefficient (Wildman–Crippen LogP) is 2.43. The maximum Gasteiger partial charge on any atom is 0.160 e. The largest absolute Gasteiger partial charge is 0.504 e. The van der Waals surface area contributed by atoms with Crippen LogP contribution < -0.4 is 4.74 Å². The molecule has 0 spiro atoms. The van der Waals surface area contributed by atoms with Gasteiger partial charge in [-0.05, 0) is 6.07 Å². The quantitative estimate of drug-likeness (QED) is 0.797. The summed E-state index contributed by atoms with van der Waals surface area (Å²) in [7, 11) is 1.42. The summed E-state index contributed by atoms with van der Waals surface area (Å²) in [5.41, 5.74) is 0.463. The van der Waals surface area contributed by atoms with E-state index in [4.69, 9.17) is 9.84 Å². The maximum absolute atomic E-state index is 12.9. The standard InChI is InChI=1S/C8H8BrFO2/c1-12-8-2-5(4-9)6(10)3-7(8)11/h2-3,11H,4H2,1H3. The van der Waals surface area contributed by atoms with Gasteiger partial charge in [0.05, 0.1) is 7.11 Å². The molecule has 0 amide bonds. The van der Waals surface area contributed by atoms with Gasteiger partial charge < -0.3 is 9.84 Å². The van der Waals surface area contributed by atoms with Gasteiger partial charge in [-0.1, -0.05) is 15.9 Å². The summed E-state index contributed by atoms with van der Waals surface area (Å²) in [6.45, 7) is 0. The minimum atomic E-state index is -0.440. The highest BCUT2D eigenvalue weighted by atomic mass is 79.9. The van der Waals surface area contributed by atoms with Crippen LogP contribution in [0.1, 0.15) is 5.56 Å². The number of phenols is 1. The second-order valence-corrected chi connectivity index (χ2v) is 2.81. The van der Waals surface area contributed by atoms with Gasteiger partial charge >= 0.3 is 0 Å². The molecular weight excluding hydrogens is 227 g/mol. The van der Waals surface area contributed by atoms with E-state index in [1.54, 1.807) is 0 Å². The second kappa shape index (κ2) is 3.76. The van der Waals surface area contributed by atoms with Gasteiger partial charge in [-0.15, -0.1) is 0 Å². The fraction of sp³-hybridized carbons (Fsp3) is 0.250. The number of rotatable bonds is 2. The first-order chi connectivity index (χ1) is 5.69. The van der Waals surface area contributed by atoms with Gasteiger partial charge in [-0.25, -0.2) is 4.39 Å². The molecule has 1 aromatic rings. The average Bonchev–Trinajstić information content (AvgIpc) is 2.05. The van der Waals surface area contributed by atoms with E-state index in [2.05, 4.69) is 15.9 Å². The number of ether oxygens (including phenoxy) is 1. The Hall–Kier alpha value is -0.770. The molecule has 4 heteroatoms. The van der Waals surface area contributed by atoms with E-state index in [1.807, 2.05) is 0 Å². The van der Waals surface area contributed by atoms with E-state index in [-0.39, 0.29) is 11.5 Å². The fourth-order valence-corrected chi connectivity index (χ4v) is 1.28. The topological polar surface area (TPSA) is 29.5 Å². The van der Waals surface area contributed by atoms with E-state index in [9.17, 15) is 4.39 Å². The summed E-state index contributed by atoms with van der Waals surface area (Å²) in [6, 6.07) is 2.49. The normalized spacial score (nSPS) is 9.92. The number of halogens is 2. The molecule has 0 aliphatic heterocycles. The van der Waals surface area contributed by atoms with Gasteiger partial charge in [0, 0.05) is 17.0 Å². The van der Waals surface area contributed by atoms with Crippen molar-refractivity contribution in [3.05, 3.63) is 23.5 Å². The lowest BCUT2D eigenvalue weighted by molar-refractivity contribution is 0.370. The molecular formula is C8H8BrFO2. The molecule has 0 atom stereocenters. The molecule has 1 N–H and O–H groups in total. The number of hydrogen-bond donors (Lipinski definition) is 1. The van der Waals surface area contributed by atoms with Crippen molar-refractivity contribution in [2.75, 3.05) is 7.11 Å². The molecule has 1 aromatic carbocycles. The molecule has 66 valence electrons. The third-order valence-corrected chi connectivity index (χ3v) is 2.10. The highest BCUT2D eigenvalue weighted by Crippen LogP contribution is 2.29. The second-order valence-electron chi connectivity index (χ2n) is 2.25. The number of hydrogen-bond acceptors (Lipinski definition) is 2. The van der Waals surface area contributed by atoms with Crippen molar-refractivity contribution in [2.24, 2.45) is 0 Å².